The highest BCUT2D eigenvalue weighted by molar-refractivity contribution is 7.91. The maximum Gasteiger partial charge on any atom is 0.269 e. The molecule has 0 spiro atoms. The first kappa shape index (κ1) is 15.4. The van der Waals surface area contributed by atoms with Crippen LogP contribution in [0.25, 0.3) is 0 Å². The van der Waals surface area contributed by atoms with Crippen LogP contribution in [-0.4, -0.2) is 48.7 Å². The van der Waals surface area contributed by atoms with Gasteiger partial charge in [-0.1, -0.05) is 12.1 Å². The molecule has 7 nitrogen and oxygen atoms in total. The lowest BCUT2D eigenvalue weighted by molar-refractivity contribution is -0.384. The highest BCUT2D eigenvalue weighted by Crippen LogP contribution is 2.18. The zero-order valence-electron chi connectivity index (χ0n) is 11.6. The van der Waals surface area contributed by atoms with Crippen molar-refractivity contribution in [3.05, 3.63) is 39.9 Å². The lowest BCUT2D eigenvalue weighted by Crippen LogP contribution is -2.32. The number of carbonyl (C=O) groups excluding carboxylic acids is 1. The summed E-state index contributed by atoms with van der Waals surface area (Å²) in [6, 6.07) is 5.79. The van der Waals surface area contributed by atoms with Gasteiger partial charge in [0.2, 0.25) is 5.91 Å². The number of likely N-dealkylation sites (tertiary alicyclic amines) is 1. The molecule has 0 bridgehead atoms. The van der Waals surface area contributed by atoms with E-state index < -0.39 is 20.0 Å². The summed E-state index contributed by atoms with van der Waals surface area (Å²) in [7, 11) is -3.13. The Hall–Kier alpha value is -1.96. The van der Waals surface area contributed by atoms with Gasteiger partial charge in [0.25, 0.3) is 5.69 Å². The van der Waals surface area contributed by atoms with Crippen molar-refractivity contribution in [1.82, 2.24) is 4.90 Å². The van der Waals surface area contributed by atoms with Crippen LogP contribution < -0.4 is 0 Å². The summed E-state index contributed by atoms with van der Waals surface area (Å²) in [5.41, 5.74) is 0.651. The Balaban J connectivity index is 1.98. The van der Waals surface area contributed by atoms with Crippen LogP contribution in [0.1, 0.15) is 12.0 Å². The van der Waals surface area contributed by atoms with Crippen molar-refractivity contribution in [3.8, 4) is 0 Å². The van der Waals surface area contributed by atoms with Crippen LogP contribution >= 0.6 is 0 Å². The van der Waals surface area contributed by atoms with Crippen LogP contribution in [0, 0.1) is 10.1 Å². The molecule has 0 aliphatic carbocycles. The average molecular weight is 312 g/mol. The van der Waals surface area contributed by atoms with Gasteiger partial charge in [-0.15, -0.1) is 0 Å². The van der Waals surface area contributed by atoms with Crippen LogP contribution in [0.2, 0.25) is 0 Å². The molecule has 8 heteroatoms. The van der Waals surface area contributed by atoms with Crippen molar-refractivity contribution in [2.24, 2.45) is 0 Å². The van der Waals surface area contributed by atoms with Crippen molar-refractivity contribution in [2.45, 2.75) is 18.1 Å². The number of amides is 1. The highest BCUT2D eigenvalue weighted by Gasteiger charge is 2.32. The predicted octanol–water partition coefficient (Wildman–Crippen LogP) is 0.783. The molecule has 1 fully saturated rings. The van der Waals surface area contributed by atoms with E-state index in [1.165, 1.54) is 23.3 Å². The Morgan fingerprint density at radius 1 is 1.38 bits per heavy atom. The number of nitrogens with zero attached hydrogens (tertiary/aromatic N) is 2. The highest BCUT2D eigenvalue weighted by atomic mass is 32.2. The lowest BCUT2D eigenvalue weighted by Gasteiger charge is -2.16. The fourth-order valence-electron chi connectivity index (χ4n) is 2.33. The monoisotopic (exact) mass is 312 g/mol. The first-order valence-electron chi connectivity index (χ1n) is 6.47. The molecule has 21 heavy (non-hydrogen) atoms. The number of sulfone groups is 1. The third-order valence-corrected chi connectivity index (χ3v) is 5.20. The second-order valence-electron chi connectivity index (χ2n) is 5.18. The van der Waals surface area contributed by atoms with Crippen molar-refractivity contribution in [3.63, 3.8) is 0 Å². The molecule has 1 heterocycles. The minimum atomic E-state index is -3.13. The summed E-state index contributed by atoms with van der Waals surface area (Å²) >= 11 is 0. The zero-order chi connectivity index (χ0) is 15.6. The maximum atomic E-state index is 12.1. The molecule has 1 aromatic carbocycles. The van der Waals surface area contributed by atoms with Gasteiger partial charge in [0, 0.05) is 31.5 Å². The number of nitro benzene ring substituents is 1. The molecular weight excluding hydrogens is 296 g/mol. The SMILES string of the molecule is CS(=O)(=O)C1CCN(C(=O)Cc2ccc([N+](=O)[O-])cc2)C1. The number of non-ortho nitro benzene ring substituents is 1. The molecule has 0 radical (unpaired) electrons. The number of hydrogen-bond acceptors (Lipinski definition) is 5. The van der Waals surface area contributed by atoms with Crippen molar-refractivity contribution in [1.29, 1.82) is 0 Å². The molecule has 1 aliphatic heterocycles. The van der Waals surface area contributed by atoms with Gasteiger partial charge in [-0.25, -0.2) is 8.42 Å². The van der Waals surface area contributed by atoms with Gasteiger partial charge >= 0.3 is 0 Å². The Bertz CT molecular complexity index is 654. The number of hydrogen-bond donors (Lipinski definition) is 0. The summed E-state index contributed by atoms with van der Waals surface area (Å²) in [6.07, 6.45) is 1.77. The van der Waals surface area contributed by atoms with E-state index in [2.05, 4.69) is 0 Å². The lowest BCUT2D eigenvalue weighted by atomic mass is 10.1. The Labute approximate surface area is 122 Å². The maximum absolute atomic E-state index is 12.1. The number of rotatable bonds is 4. The van der Waals surface area contributed by atoms with Crippen LogP contribution in [-0.2, 0) is 21.1 Å². The van der Waals surface area contributed by atoms with Crippen LogP contribution in [0.5, 0.6) is 0 Å². The van der Waals surface area contributed by atoms with Crippen molar-refractivity contribution < 1.29 is 18.1 Å². The van der Waals surface area contributed by atoms with Crippen LogP contribution in [0.3, 0.4) is 0 Å². The first-order valence-corrected chi connectivity index (χ1v) is 8.43. The Morgan fingerprint density at radius 3 is 2.48 bits per heavy atom. The largest absolute Gasteiger partial charge is 0.341 e. The Morgan fingerprint density at radius 2 is 2.00 bits per heavy atom. The van der Waals surface area contributed by atoms with Gasteiger partial charge < -0.3 is 4.90 Å². The van der Waals surface area contributed by atoms with E-state index in [0.717, 1.165) is 0 Å². The van der Waals surface area contributed by atoms with E-state index in [0.29, 0.717) is 18.5 Å². The van der Waals surface area contributed by atoms with Gasteiger partial charge in [0.15, 0.2) is 9.84 Å². The van der Waals surface area contributed by atoms with Gasteiger partial charge in [-0.05, 0) is 12.0 Å². The second kappa shape index (κ2) is 5.80. The minimum Gasteiger partial charge on any atom is -0.341 e. The van der Waals surface area contributed by atoms with Gasteiger partial charge in [-0.2, -0.15) is 0 Å². The fraction of sp³-hybridized carbons (Fsp3) is 0.462. The third-order valence-electron chi connectivity index (χ3n) is 3.61. The molecular formula is C13H16N2O5S. The summed E-state index contributed by atoms with van der Waals surface area (Å²) in [4.78, 5) is 23.7. The molecule has 1 saturated heterocycles. The molecule has 1 amide bonds. The zero-order valence-corrected chi connectivity index (χ0v) is 12.4. The van der Waals surface area contributed by atoms with Crippen LogP contribution in [0.4, 0.5) is 5.69 Å². The summed E-state index contributed by atoms with van der Waals surface area (Å²) in [5, 5.41) is 10.1. The van der Waals surface area contributed by atoms with E-state index in [1.54, 1.807) is 12.1 Å². The van der Waals surface area contributed by atoms with E-state index in [-0.39, 0.29) is 24.6 Å². The number of carbonyl (C=O) groups is 1. The Kier molecular flexibility index (Phi) is 4.26. The minimum absolute atomic E-state index is 0.0236. The first-order chi connectivity index (χ1) is 9.77. The molecule has 1 atom stereocenters. The van der Waals surface area contributed by atoms with Gasteiger partial charge in [0.05, 0.1) is 16.6 Å². The van der Waals surface area contributed by atoms with E-state index in [4.69, 9.17) is 0 Å². The quantitative estimate of drug-likeness (QED) is 0.604. The van der Waals surface area contributed by atoms with E-state index in [1.807, 2.05) is 0 Å². The standard InChI is InChI=1S/C13H16N2O5S/c1-21(19,20)12-6-7-14(9-12)13(16)8-10-2-4-11(5-3-10)15(17)18/h2-5,12H,6-9H2,1H3. The van der Waals surface area contributed by atoms with Gasteiger partial charge in [-0.3, -0.25) is 14.9 Å². The predicted molar refractivity (Wildman–Crippen MR) is 76.6 cm³/mol. The average Bonchev–Trinajstić information content (AvgIpc) is 2.88. The van der Waals surface area contributed by atoms with E-state index >= 15 is 0 Å². The van der Waals surface area contributed by atoms with Crippen molar-refractivity contribution in [2.75, 3.05) is 19.3 Å². The van der Waals surface area contributed by atoms with Gasteiger partial charge in [0.1, 0.15) is 0 Å². The molecule has 1 aromatic rings. The second-order valence-corrected chi connectivity index (χ2v) is 7.51. The molecule has 1 aliphatic rings. The summed E-state index contributed by atoms with van der Waals surface area (Å²) < 4.78 is 22.9. The number of nitro groups is 1. The van der Waals surface area contributed by atoms with E-state index in [9.17, 15) is 23.3 Å². The molecule has 0 aromatic heterocycles. The smallest absolute Gasteiger partial charge is 0.269 e. The molecule has 114 valence electrons. The molecule has 2 rings (SSSR count). The molecule has 0 N–H and O–H groups in total. The summed E-state index contributed by atoms with van der Waals surface area (Å²) in [6.45, 7) is 0.661. The van der Waals surface area contributed by atoms with Crippen molar-refractivity contribution >= 4 is 21.4 Å². The topological polar surface area (TPSA) is 97.6 Å². The molecule has 1 unspecified atom stereocenters. The van der Waals surface area contributed by atoms with Crippen LogP contribution in [0.15, 0.2) is 24.3 Å². The normalized spacial score (nSPS) is 18.7. The number of benzene rings is 1. The third kappa shape index (κ3) is 3.78. The molecule has 0 saturated carbocycles. The summed E-state index contributed by atoms with van der Waals surface area (Å²) in [5.74, 6) is -0.157. The fourth-order valence-corrected chi connectivity index (χ4v) is 3.31.